The Morgan fingerprint density at radius 3 is 2.50 bits per heavy atom. The fourth-order valence-corrected chi connectivity index (χ4v) is 4.17. The van der Waals surface area contributed by atoms with Crippen LogP contribution < -0.4 is 10.1 Å². The van der Waals surface area contributed by atoms with Gasteiger partial charge in [-0.3, -0.25) is 19.5 Å². The van der Waals surface area contributed by atoms with Crippen molar-refractivity contribution in [2.45, 2.75) is 5.16 Å². The van der Waals surface area contributed by atoms with Crippen LogP contribution in [0.1, 0.15) is 0 Å². The number of methoxy groups -OCH3 is 1. The van der Waals surface area contributed by atoms with E-state index >= 15 is 0 Å². The van der Waals surface area contributed by atoms with E-state index < -0.39 is 10.8 Å². The number of para-hydroxylation sites is 2. The quantitative estimate of drug-likeness (QED) is 0.202. The van der Waals surface area contributed by atoms with Gasteiger partial charge in [0.25, 0.3) is 5.69 Å². The molecule has 172 valence electrons. The maximum Gasteiger partial charge on any atom is 0.292 e. The Hall–Kier alpha value is -3.89. The van der Waals surface area contributed by atoms with Gasteiger partial charge in [0.2, 0.25) is 5.91 Å². The second-order valence-electron chi connectivity index (χ2n) is 6.93. The van der Waals surface area contributed by atoms with Gasteiger partial charge in [-0.25, -0.2) is 0 Å². The van der Waals surface area contributed by atoms with Crippen LogP contribution in [0.15, 0.2) is 78.0 Å². The SMILES string of the molecule is COc1ccc(-n2c(SCC(=O)Nc3ccccc3[N+](=O)[O-])nnc2-c2ccccc2Cl)cc1. The molecule has 0 fully saturated rings. The van der Waals surface area contributed by atoms with E-state index in [0.717, 1.165) is 17.4 Å². The molecule has 0 spiro atoms. The smallest absolute Gasteiger partial charge is 0.292 e. The minimum Gasteiger partial charge on any atom is -0.497 e. The fourth-order valence-electron chi connectivity index (χ4n) is 3.20. The highest BCUT2D eigenvalue weighted by Crippen LogP contribution is 2.32. The summed E-state index contributed by atoms with van der Waals surface area (Å²) >= 11 is 7.55. The van der Waals surface area contributed by atoms with E-state index in [1.165, 1.54) is 18.2 Å². The number of benzene rings is 3. The van der Waals surface area contributed by atoms with E-state index in [4.69, 9.17) is 16.3 Å². The second-order valence-corrected chi connectivity index (χ2v) is 8.28. The Labute approximate surface area is 203 Å². The number of hydrogen-bond donors (Lipinski definition) is 1. The highest BCUT2D eigenvalue weighted by Gasteiger charge is 2.20. The zero-order valence-corrected chi connectivity index (χ0v) is 19.4. The summed E-state index contributed by atoms with van der Waals surface area (Å²) in [6.07, 6.45) is 0. The van der Waals surface area contributed by atoms with Gasteiger partial charge in [0.1, 0.15) is 11.4 Å². The minimum atomic E-state index is -0.543. The van der Waals surface area contributed by atoms with Gasteiger partial charge in [-0.05, 0) is 42.5 Å². The second kappa shape index (κ2) is 10.4. The van der Waals surface area contributed by atoms with Gasteiger partial charge in [0, 0.05) is 17.3 Å². The number of carbonyl (C=O) groups is 1. The topological polar surface area (TPSA) is 112 Å². The van der Waals surface area contributed by atoms with Gasteiger partial charge in [-0.2, -0.15) is 0 Å². The van der Waals surface area contributed by atoms with Crippen molar-refractivity contribution in [2.24, 2.45) is 0 Å². The van der Waals surface area contributed by atoms with Crippen LogP contribution in [0.3, 0.4) is 0 Å². The molecule has 1 amide bonds. The van der Waals surface area contributed by atoms with Crippen LogP contribution in [0.4, 0.5) is 11.4 Å². The lowest BCUT2D eigenvalue weighted by Crippen LogP contribution is -2.15. The number of hydrogen-bond acceptors (Lipinski definition) is 7. The number of amides is 1. The van der Waals surface area contributed by atoms with E-state index in [2.05, 4.69) is 15.5 Å². The number of ether oxygens (including phenoxy) is 1. The summed E-state index contributed by atoms with van der Waals surface area (Å²) in [7, 11) is 1.58. The molecule has 0 atom stereocenters. The summed E-state index contributed by atoms with van der Waals surface area (Å²) in [6.45, 7) is 0. The standard InChI is InChI=1S/C23H18ClN5O4S/c1-33-16-12-10-15(11-13-16)28-22(17-6-2-3-7-18(17)24)26-27-23(28)34-14-21(30)25-19-8-4-5-9-20(19)29(31)32/h2-13H,14H2,1H3,(H,25,30). The van der Waals surface area contributed by atoms with E-state index in [1.54, 1.807) is 35.9 Å². The normalized spacial score (nSPS) is 10.6. The Kier molecular flexibility index (Phi) is 7.09. The third kappa shape index (κ3) is 5.03. The number of anilines is 1. The minimum absolute atomic E-state index is 0.0388. The van der Waals surface area contributed by atoms with Crippen molar-refractivity contribution >= 4 is 40.6 Å². The maximum atomic E-state index is 12.6. The highest BCUT2D eigenvalue weighted by molar-refractivity contribution is 7.99. The molecule has 0 aliphatic carbocycles. The van der Waals surface area contributed by atoms with Gasteiger partial charge in [-0.15, -0.1) is 10.2 Å². The number of nitrogens with zero attached hydrogens (tertiary/aromatic N) is 4. The first-order chi connectivity index (χ1) is 16.5. The zero-order chi connectivity index (χ0) is 24.1. The third-order valence-electron chi connectivity index (χ3n) is 4.79. The van der Waals surface area contributed by atoms with Crippen molar-refractivity contribution in [3.8, 4) is 22.8 Å². The van der Waals surface area contributed by atoms with E-state index in [-0.39, 0.29) is 17.1 Å². The molecule has 34 heavy (non-hydrogen) atoms. The van der Waals surface area contributed by atoms with Gasteiger partial charge >= 0.3 is 0 Å². The van der Waals surface area contributed by atoms with Crippen molar-refractivity contribution in [1.82, 2.24) is 14.8 Å². The Bertz CT molecular complexity index is 1340. The predicted molar refractivity (Wildman–Crippen MR) is 131 cm³/mol. The zero-order valence-electron chi connectivity index (χ0n) is 17.8. The van der Waals surface area contributed by atoms with E-state index in [0.29, 0.717) is 27.3 Å². The number of aromatic nitrogens is 3. The molecule has 0 aliphatic rings. The molecular weight excluding hydrogens is 478 g/mol. The van der Waals surface area contributed by atoms with Crippen LogP contribution in [-0.4, -0.2) is 38.5 Å². The van der Waals surface area contributed by atoms with Gasteiger partial charge in [0.15, 0.2) is 11.0 Å². The Balaban J connectivity index is 1.62. The summed E-state index contributed by atoms with van der Waals surface area (Å²) in [5, 5.41) is 23.4. The first kappa shape index (κ1) is 23.3. The molecule has 0 radical (unpaired) electrons. The molecule has 1 aromatic heterocycles. The molecule has 0 saturated carbocycles. The maximum absolute atomic E-state index is 12.6. The summed E-state index contributed by atoms with van der Waals surface area (Å²) in [5.74, 6) is 0.748. The van der Waals surface area contributed by atoms with Crippen LogP contribution in [0, 0.1) is 10.1 Å². The monoisotopic (exact) mass is 495 g/mol. The van der Waals surface area contributed by atoms with Crippen LogP contribution in [-0.2, 0) is 4.79 Å². The fraction of sp³-hybridized carbons (Fsp3) is 0.0870. The average Bonchev–Trinajstić information content (AvgIpc) is 3.27. The van der Waals surface area contributed by atoms with Crippen molar-refractivity contribution < 1.29 is 14.5 Å². The van der Waals surface area contributed by atoms with Crippen molar-refractivity contribution in [1.29, 1.82) is 0 Å². The molecule has 9 nitrogen and oxygen atoms in total. The van der Waals surface area contributed by atoms with Crippen LogP contribution in [0.5, 0.6) is 5.75 Å². The third-order valence-corrected chi connectivity index (χ3v) is 6.04. The average molecular weight is 496 g/mol. The first-order valence-corrected chi connectivity index (χ1v) is 11.3. The molecule has 0 unspecified atom stereocenters. The van der Waals surface area contributed by atoms with E-state index in [1.807, 2.05) is 30.3 Å². The number of nitro benzene ring substituents is 1. The Morgan fingerprint density at radius 1 is 1.09 bits per heavy atom. The molecule has 3 aromatic carbocycles. The van der Waals surface area contributed by atoms with Crippen LogP contribution in [0.2, 0.25) is 5.02 Å². The molecular formula is C23H18ClN5O4S. The summed E-state index contributed by atoms with van der Waals surface area (Å²) < 4.78 is 7.04. The molecule has 11 heteroatoms. The van der Waals surface area contributed by atoms with Crippen LogP contribution in [0.25, 0.3) is 17.1 Å². The summed E-state index contributed by atoms with van der Waals surface area (Å²) in [6, 6.07) is 20.5. The number of carbonyl (C=O) groups excluding carboxylic acids is 1. The van der Waals surface area contributed by atoms with Crippen molar-refractivity contribution in [3.05, 3.63) is 87.9 Å². The molecule has 4 aromatic rings. The molecule has 1 N–H and O–H groups in total. The summed E-state index contributed by atoms with van der Waals surface area (Å²) in [5.41, 5.74) is 1.39. The number of nitro groups is 1. The number of nitrogens with one attached hydrogen (secondary N) is 1. The number of halogens is 1. The number of thioether (sulfide) groups is 1. The van der Waals surface area contributed by atoms with Gasteiger partial charge < -0.3 is 10.1 Å². The van der Waals surface area contributed by atoms with Crippen molar-refractivity contribution in [2.75, 3.05) is 18.2 Å². The number of rotatable bonds is 8. The molecule has 0 bridgehead atoms. The molecule has 0 saturated heterocycles. The van der Waals surface area contributed by atoms with Gasteiger partial charge in [0.05, 0.1) is 22.8 Å². The lowest BCUT2D eigenvalue weighted by atomic mass is 10.2. The molecule has 1 heterocycles. The Morgan fingerprint density at radius 2 is 1.79 bits per heavy atom. The lowest BCUT2D eigenvalue weighted by molar-refractivity contribution is -0.383. The largest absolute Gasteiger partial charge is 0.497 e. The lowest BCUT2D eigenvalue weighted by Gasteiger charge is -2.12. The predicted octanol–water partition coefficient (Wildman–Crippen LogP) is 5.24. The van der Waals surface area contributed by atoms with E-state index in [9.17, 15) is 14.9 Å². The highest BCUT2D eigenvalue weighted by atomic mass is 35.5. The molecule has 4 rings (SSSR count). The molecule has 0 aliphatic heterocycles. The van der Waals surface area contributed by atoms with Crippen molar-refractivity contribution in [3.63, 3.8) is 0 Å². The first-order valence-electron chi connectivity index (χ1n) is 9.98. The van der Waals surface area contributed by atoms with Crippen LogP contribution >= 0.6 is 23.4 Å². The summed E-state index contributed by atoms with van der Waals surface area (Å²) in [4.78, 5) is 23.2. The van der Waals surface area contributed by atoms with Gasteiger partial charge in [-0.1, -0.05) is 47.6 Å².